The van der Waals surface area contributed by atoms with Crippen molar-refractivity contribution in [2.45, 2.75) is 51.5 Å². The van der Waals surface area contributed by atoms with E-state index in [0.717, 1.165) is 25.0 Å². The highest BCUT2D eigenvalue weighted by molar-refractivity contribution is 7.11. The van der Waals surface area contributed by atoms with Crippen molar-refractivity contribution in [3.63, 3.8) is 0 Å². The van der Waals surface area contributed by atoms with Gasteiger partial charge >= 0.3 is 0 Å². The summed E-state index contributed by atoms with van der Waals surface area (Å²) in [4.78, 5) is 16.1. The lowest BCUT2D eigenvalue weighted by Crippen LogP contribution is -2.31. The Hall–Kier alpha value is -2.50. The number of amides is 1. The largest absolute Gasteiger partial charge is 0.274 e. The van der Waals surface area contributed by atoms with Crippen LogP contribution in [0.3, 0.4) is 0 Å². The normalized spacial score (nSPS) is 22.2. The van der Waals surface area contributed by atoms with E-state index in [0.29, 0.717) is 5.56 Å². The van der Waals surface area contributed by atoms with Crippen molar-refractivity contribution in [3.05, 3.63) is 85.7 Å². The van der Waals surface area contributed by atoms with Crippen molar-refractivity contribution in [1.82, 2.24) is 5.01 Å². The molecule has 1 fully saturated rings. The third-order valence-corrected chi connectivity index (χ3v) is 8.16. The molecule has 3 heterocycles. The van der Waals surface area contributed by atoms with Crippen molar-refractivity contribution in [1.29, 1.82) is 0 Å². The van der Waals surface area contributed by atoms with Gasteiger partial charge in [0.05, 0.1) is 11.8 Å². The van der Waals surface area contributed by atoms with Crippen LogP contribution in [0.2, 0.25) is 0 Å². The predicted molar refractivity (Wildman–Crippen MR) is 135 cm³/mol. The summed E-state index contributed by atoms with van der Waals surface area (Å²) in [7, 11) is 0. The molecule has 0 saturated heterocycles. The Bertz CT molecular complexity index is 1150. The van der Waals surface area contributed by atoms with E-state index in [-0.39, 0.29) is 23.3 Å². The van der Waals surface area contributed by atoms with Gasteiger partial charge < -0.3 is 0 Å². The van der Waals surface area contributed by atoms with Crippen LogP contribution >= 0.6 is 22.7 Å². The summed E-state index contributed by atoms with van der Waals surface area (Å²) in [5.41, 5.74) is 4.37. The molecular formula is C27H28N2OS2. The Labute approximate surface area is 198 Å². The van der Waals surface area contributed by atoms with Gasteiger partial charge in [0, 0.05) is 21.2 Å². The van der Waals surface area contributed by atoms with Crippen LogP contribution in [0.1, 0.15) is 71.8 Å². The summed E-state index contributed by atoms with van der Waals surface area (Å²) >= 11 is 3.47. The van der Waals surface area contributed by atoms with Crippen molar-refractivity contribution in [2.24, 2.45) is 11.0 Å². The Balaban J connectivity index is 1.53. The minimum absolute atomic E-state index is 0.0127. The summed E-state index contributed by atoms with van der Waals surface area (Å²) in [6.45, 7) is 6.57. The highest BCUT2D eigenvalue weighted by atomic mass is 32.1. The van der Waals surface area contributed by atoms with Gasteiger partial charge in [-0.1, -0.05) is 45.0 Å². The van der Waals surface area contributed by atoms with E-state index in [1.807, 2.05) is 12.1 Å². The van der Waals surface area contributed by atoms with Crippen LogP contribution in [0, 0.1) is 5.92 Å². The number of hydrogen-bond donors (Lipinski definition) is 0. The molecule has 2 aliphatic rings. The smallest absolute Gasteiger partial charge is 0.267 e. The SMILES string of the molecule is CC(C)(C)c1ccc(C(=O)N2N=C3/C(=C\c4cccs4)CCCC3C2c2cccs2)cc1. The monoisotopic (exact) mass is 460 g/mol. The van der Waals surface area contributed by atoms with E-state index in [9.17, 15) is 4.79 Å². The summed E-state index contributed by atoms with van der Waals surface area (Å²) in [5, 5.41) is 11.0. The lowest BCUT2D eigenvalue weighted by Gasteiger charge is -2.28. The molecule has 2 unspecified atom stereocenters. The van der Waals surface area contributed by atoms with Crippen molar-refractivity contribution in [2.75, 3.05) is 0 Å². The number of benzene rings is 1. The van der Waals surface area contributed by atoms with Gasteiger partial charge in [0.15, 0.2) is 0 Å². The molecular weight excluding hydrogens is 432 g/mol. The molecule has 1 amide bonds. The number of hydrazone groups is 1. The molecule has 1 aliphatic heterocycles. The Morgan fingerprint density at radius 2 is 1.81 bits per heavy atom. The number of carbonyl (C=O) groups excluding carboxylic acids is 1. The van der Waals surface area contributed by atoms with E-state index in [4.69, 9.17) is 5.10 Å². The minimum atomic E-state index is -0.0215. The lowest BCUT2D eigenvalue weighted by molar-refractivity contribution is 0.0684. The van der Waals surface area contributed by atoms with E-state index < -0.39 is 0 Å². The van der Waals surface area contributed by atoms with Crippen LogP contribution in [-0.4, -0.2) is 16.6 Å². The van der Waals surface area contributed by atoms with E-state index in [1.165, 1.54) is 20.9 Å². The van der Waals surface area contributed by atoms with Gasteiger partial charge in [-0.25, -0.2) is 5.01 Å². The number of hydrogen-bond acceptors (Lipinski definition) is 4. The van der Waals surface area contributed by atoms with Crippen molar-refractivity contribution < 1.29 is 4.79 Å². The quantitative estimate of drug-likeness (QED) is 0.397. The Kier molecular flexibility index (Phi) is 5.64. The molecule has 164 valence electrons. The molecule has 5 heteroatoms. The van der Waals surface area contributed by atoms with Gasteiger partial charge in [0.2, 0.25) is 0 Å². The average molecular weight is 461 g/mol. The fourth-order valence-electron chi connectivity index (χ4n) is 4.70. The number of thiophene rings is 2. The zero-order chi connectivity index (χ0) is 22.3. The molecule has 1 aliphatic carbocycles. The van der Waals surface area contributed by atoms with Crippen molar-refractivity contribution in [3.8, 4) is 0 Å². The third kappa shape index (κ3) is 4.00. The number of carbonyl (C=O) groups is 1. The first-order chi connectivity index (χ1) is 15.4. The summed E-state index contributed by atoms with van der Waals surface area (Å²) in [6, 6.07) is 16.5. The molecule has 2 atom stereocenters. The maximum atomic E-state index is 13.7. The summed E-state index contributed by atoms with van der Waals surface area (Å²) < 4.78 is 0. The zero-order valence-corrected chi connectivity index (χ0v) is 20.4. The van der Waals surface area contributed by atoms with Crippen LogP contribution in [0.15, 0.2) is 70.0 Å². The van der Waals surface area contributed by atoms with Crippen molar-refractivity contribution >= 4 is 40.4 Å². The zero-order valence-electron chi connectivity index (χ0n) is 18.7. The fourth-order valence-corrected chi connectivity index (χ4v) is 6.25. The van der Waals surface area contributed by atoms with E-state index >= 15 is 0 Å². The van der Waals surface area contributed by atoms with Crippen LogP contribution in [0.4, 0.5) is 0 Å². The number of fused-ring (bicyclic) bond motifs is 1. The second-order valence-corrected chi connectivity index (χ2v) is 11.6. The first-order valence-electron chi connectivity index (χ1n) is 11.2. The molecule has 0 radical (unpaired) electrons. The molecule has 0 N–H and O–H groups in total. The lowest BCUT2D eigenvalue weighted by atomic mass is 9.79. The van der Waals surface area contributed by atoms with Gasteiger partial charge in [0.25, 0.3) is 5.91 Å². The molecule has 2 aromatic heterocycles. The number of allylic oxidation sites excluding steroid dienone is 1. The molecule has 1 aromatic carbocycles. The number of rotatable bonds is 3. The topological polar surface area (TPSA) is 32.7 Å². The van der Waals surface area contributed by atoms with Gasteiger partial charge in [-0.15, -0.1) is 22.7 Å². The third-order valence-electron chi connectivity index (χ3n) is 6.40. The van der Waals surface area contributed by atoms with E-state index in [1.54, 1.807) is 27.7 Å². The minimum Gasteiger partial charge on any atom is -0.267 e. The number of nitrogens with zero attached hydrogens (tertiary/aromatic N) is 2. The van der Waals surface area contributed by atoms with Crippen LogP contribution in [-0.2, 0) is 5.41 Å². The Morgan fingerprint density at radius 1 is 1.06 bits per heavy atom. The molecule has 3 aromatic rings. The van der Waals surface area contributed by atoms with Gasteiger partial charge in [-0.3, -0.25) is 4.79 Å². The fraction of sp³-hybridized carbons (Fsp3) is 0.333. The average Bonchev–Trinajstić information content (AvgIpc) is 3.53. The second kappa shape index (κ2) is 8.45. The van der Waals surface area contributed by atoms with Crippen LogP contribution in [0.5, 0.6) is 0 Å². The first-order valence-corrected chi connectivity index (χ1v) is 13.0. The predicted octanol–water partition coefficient (Wildman–Crippen LogP) is 7.54. The standard InChI is InChI=1S/C27H28N2OS2/c1-27(2,3)20-13-11-18(12-14-20)26(30)29-25(23-10-6-16-32-23)22-9-4-7-19(24(22)28-29)17-21-8-5-15-31-21/h5-6,8,10-17,22,25H,4,7,9H2,1-3H3/b19-17-. The molecule has 0 bridgehead atoms. The molecule has 1 saturated carbocycles. The first kappa shape index (κ1) is 21.4. The summed E-state index contributed by atoms with van der Waals surface area (Å²) in [6.07, 6.45) is 5.49. The van der Waals surface area contributed by atoms with Gasteiger partial charge in [-0.2, -0.15) is 5.10 Å². The van der Waals surface area contributed by atoms with E-state index in [2.05, 4.69) is 74.0 Å². The Morgan fingerprint density at radius 3 is 2.47 bits per heavy atom. The van der Waals surface area contributed by atoms with Gasteiger partial charge in [-0.05, 0) is 76.9 Å². The van der Waals surface area contributed by atoms with Crippen LogP contribution in [0.25, 0.3) is 6.08 Å². The highest BCUT2D eigenvalue weighted by Gasteiger charge is 2.44. The molecule has 32 heavy (non-hydrogen) atoms. The van der Waals surface area contributed by atoms with Crippen LogP contribution < -0.4 is 0 Å². The second-order valence-electron chi connectivity index (χ2n) is 9.61. The molecule has 3 nitrogen and oxygen atoms in total. The molecule has 5 rings (SSSR count). The maximum absolute atomic E-state index is 13.7. The maximum Gasteiger partial charge on any atom is 0.274 e. The highest BCUT2D eigenvalue weighted by Crippen LogP contribution is 2.46. The molecule has 0 spiro atoms. The summed E-state index contributed by atoms with van der Waals surface area (Å²) in [5.74, 6) is 0.243. The van der Waals surface area contributed by atoms with Gasteiger partial charge in [0.1, 0.15) is 0 Å².